The molecule has 1 aromatic rings. The van der Waals surface area contributed by atoms with Gasteiger partial charge in [-0.15, -0.1) is 0 Å². The average molecular weight is 235 g/mol. The maximum atomic E-state index is 8.62. The molecule has 1 aromatic heterocycles. The first kappa shape index (κ1) is 12.9. The van der Waals surface area contributed by atoms with E-state index in [0.717, 1.165) is 12.1 Å². The highest BCUT2D eigenvalue weighted by Gasteiger charge is 2.02. The molecule has 0 spiro atoms. The number of hydrogen-bond acceptors (Lipinski definition) is 4. The standard InChI is InChI=1S/C12H17N3S/c1-3-16-7-6-10(2)15-12-5-4-11(8-13)14-9-12/h4-5,9-10,15H,3,6-7H2,1-2H3. The highest BCUT2D eigenvalue weighted by Crippen LogP contribution is 2.11. The monoisotopic (exact) mass is 235 g/mol. The van der Waals surface area contributed by atoms with E-state index in [9.17, 15) is 0 Å². The van der Waals surface area contributed by atoms with Crippen molar-refractivity contribution in [3.63, 3.8) is 0 Å². The van der Waals surface area contributed by atoms with Gasteiger partial charge in [-0.3, -0.25) is 0 Å². The molecule has 0 fully saturated rings. The Labute approximate surface area is 101 Å². The minimum atomic E-state index is 0.439. The lowest BCUT2D eigenvalue weighted by Crippen LogP contribution is -2.16. The second-order valence-corrected chi connectivity index (χ2v) is 4.97. The first-order chi connectivity index (χ1) is 7.76. The van der Waals surface area contributed by atoms with Crippen LogP contribution in [0, 0.1) is 11.3 Å². The predicted octanol–water partition coefficient (Wildman–Crippen LogP) is 2.90. The molecule has 1 heterocycles. The van der Waals surface area contributed by atoms with Gasteiger partial charge in [-0.25, -0.2) is 4.98 Å². The molecule has 1 atom stereocenters. The topological polar surface area (TPSA) is 48.7 Å². The number of thioether (sulfide) groups is 1. The summed E-state index contributed by atoms with van der Waals surface area (Å²) < 4.78 is 0. The van der Waals surface area contributed by atoms with E-state index in [2.05, 4.69) is 24.1 Å². The van der Waals surface area contributed by atoms with Crippen molar-refractivity contribution in [3.05, 3.63) is 24.0 Å². The van der Waals surface area contributed by atoms with E-state index in [-0.39, 0.29) is 0 Å². The molecule has 86 valence electrons. The van der Waals surface area contributed by atoms with Gasteiger partial charge in [0.1, 0.15) is 11.8 Å². The summed E-state index contributed by atoms with van der Waals surface area (Å²) in [6.45, 7) is 4.34. The zero-order chi connectivity index (χ0) is 11.8. The molecule has 4 heteroatoms. The van der Waals surface area contributed by atoms with Gasteiger partial charge in [-0.05, 0) is 37.0 Å². The fraction of sp³-hybridized carbons (Fsp3) is 0.500. The molecule has 1 N–H and O–H groups in total. The Balaban J connectivity index is 2.38. The fourth-order valence-corrected chi connectivity index (χ4v) is 2.12. The van der Waals surface area contributed by atoms with E-state index in [4.69, 9.17) is 5.26 Å². The predicted molar refractivity (Wildman–Crippen MR) is 69.7 cm³/mol. The summed E-state index contributed by atoms with van der Waals surface area (Å²) in [6.07, 6.45) is 2.85. The molecule has 1 unspecified atom stereocenters. The summed E-state index contributed by atoms with van der Waals surface area (Å²) in [5, 5.41) is 12.0. The van der Waals surface area contributed by atoms with Crippen molar-refractivity contribution in [3.8, 4) is 6.07 Å². The van der Waals surface area contributed by atoms with Crippen LogP contribution in [0.1, 0.15) is 26.0 Å². The third-order valence-corrected chi connectivity index (χ3v) is 3.12. The van der Waals surface area contributed by atoms with Gasteiger partial charge in [-0.1, -0.05) is 6.92 Å². The van der Waals surface area contributed by atoms with Crippen LogP contribution >= 0.6 is 11.8 Å². The van der Waals surface area contributed by atoms with E-state index in [1.54, 1.807) is 12.3 Å². The first-order valence-corrected chi connectivity index (χ1v) is 6.62. The van der Waals surface area contributed by atoms with Gasteiger partial charge in [0, 0.05) is 6.04 Å². The van der Waals surface area contributed by atoms with Crippen molar-refractivity contribution < 1.29 is 0 Å². The average Bonchev–Trinajstić information content (AvgIpc) is 2.30. The van der Waals surface area contributed by atoms with Gasteiger partial charge >= 0.3 is 0 Å². The Morgan fingerprint density at radius 2 is 2.38 bits per heavy atom. The molecular weight excluding hydrogens is 218 g/mol. The van der Waals surface area contributed by atoms with Crippen LogP contribution in [0.25, 0.3) is 0 Å². The molecular formula is C12H17N3S. The van der Waals surface area contributed by atoms with Crippen LogP contribution in [0.15, 0.2) is 18.3 Å². The molecule has 0 aliphatic carbocycles. The highest BCUT2D eigenvalue weighted by molar-refractivity contribution is 7.99. The molecule has 16 heavy (non-hydrogen) atoms. The molecule has 3 nitrogen and oxygen atoms in total. The van der Waals surface area contributed by atoms with E-state index in [1.807, 2.05) is 23.9 Å². The Bertz CT molecular complexity index is 342. The SMILES string of the molecule is CCSCCC(C)Nc1ccc(C#N)nc1. The van der Waals surface area contributed by atoms with Crippen molar-refractivity contribution in [1.82, 2.24) is 4.98 Å². The number of pyridine rings is 1. The Morgan fingerprint density at radius 3 is 2.94 bits per heavy atom. The second-order valence-electron chi connectivity index (χ2n) is 3.57. The minimum absolute atomic E-state index is 0.439. The number of aromatic nitrogens is 1. The third-order valence-electron chi connectivity index (χ3n) is 2.19. The van der Waals surface area contributed by atoms with Crippen molar-refractivity contribution in [2.24, 2.45) is 0 Å². The van der Waals surface area contributed by atoms with Crippen LogP contribution in [0.4, 0.5) is 5.69 Å². The Hall–Kier alpha value is -1.21. The molecule has 0 aromatic carbocycles. The molecule has 0 aliphatic heterocycles. The van der Waals surface area contributed by atoms with Crippen LogP contribution < -0.4 is 5.32 Å². The molecule has 0 saturated carbocycles. The summed E-state index contributed by atoms with van der Waals surface area (Å²) in [5.41, 5.74) is 1.44. The lowest BCUT2D eigenvalue weighted by molar-refractivity contribution is 0.771. The largest absolute Gasteiger partial charge is 0.381 e. The van der Waals surface area contributed by atoms with Gasteiger partial charge < -0.3 is 5.32 Å². The molecule has 0 amide bonds. The number of rotatable bonds is 6. The maximum Gasteiger partial charge on any atom is 0.140 e. The number of anilines is 1. The van der Waals surface area contributed by atoms with Crippen molar-refractivity contribution in [2.45, 2.75) is 26.3 Å². The summed E-state index contributed by atoms with van der Waals surface area (Å²) in [7, 11) is 0. The lowest BCUT2D eigenvalue weighted by atomic mass is 10.2. The second kappa shape index (κ2) is 7.13. The molecule has 0 radical (unpaired) electrons. The number of nitrogens with zero attached hydrogens (tertiary/aromatic N) is 2. The smallest absolute Gasteiger partial charge is 0.140 e. The van der Waals surface area contributed by atoms with E-state index in [0.29, 0.717) is 11.7 Å². The summed E-state index contributed by atoms with van der Waals surface area (Å²) >= 11 is 1.95. The summed E-state index contributed by atoms with van der Waals surface area (Å²) in [4.78, 5) is 4.02. The normalized spacial score (nSPS) is 11.8. The van der Waals surface area contributed by atoms with Gasteiger partial charge in [0.2, 0.25) is 0 Å². The highest BCUT2D eigenvalue weighted by atomic mass is 32.2. The molecule has 0 aliphatic rings. The van der Waals surface area contributed by atoms with Crippen LogP contribution in [-0.4, -0.2) is 22.5 Å². The van der Waals surface area contributed by atoms with Crippen LogP contribution in [0.2, 0.25) is 0 Å². The lowest BCUT2D eigenvalue weighted by Gasteiger charge is -2.14. The quantitative estimate of drug-likeness (QED) is 0.770. The van der Waals surface area contributed by atoms with Gasteiger partial charge in [0.05, 0.1) is 11.9 Å². The Morgan fingerprint density at radius 1 is 1.56 bits per heavy atom. The molecule has 0 saturated heterocycles. The fourth-order valence-electron chi connectivity index (χ4n) is 1.31. The molecule has 0 bridgehead atoms. The van der Waals surface area contributed by atoms with Crippen molar-refractivity contribution in [1.29, 1.82) is 5.26 Å². The van der Waals surface area contributed by atoms with Crippen LogP contribution in [0.5, 0.6) is 0 Å². The zero-order valence-corrected chi connectivity index (χ0v) is 10.5. The Kier molecular flexibility index (Phi) is 5.73. The zero-order valence-electron chi connectivity index (χ0n) is 9.73. The van der Waals surface area contributed by atoms with Gasteiger partial charge in [0.25, 0.3) is 0 Å². The third kappa shape index (κ3) is 4.54. The number of nitriles is 1. The number of nitrogens with one attached hydrogen (secondary N) is 1. The van der Waals surface area contributed by atoms with Gasteiger partial charge in [-0.2, -0.15) is 17.0 Å². The van der Waals surface area contributed by atoms with E-state index >= 15 is 0 Å². The van der Waals surface area contributed by atoms with Crippen molar-refractivity contribution >= 4 is 17.4 Å². The van der Waals surface area contributed by atoms with Gasteiger partial charge in [0.15, 0.2) is 0 Å². The first-order valence-electron chi connectivity index (χ1n) is 5.46. The minimum Gasteiger partial charge on any atom is -0.381 e. The van der Waals surface area contributed by atoms with E-state index in [1.165, 1.54) is 11.5 Å². The van der Waals surface area contributed by atoms with E-state index < -0.39 is 0 Å². The van der Waals surface area contributed by atoms with Crippen LogP contribution in [-0.2, 0) is 0 Å². The summed E-state index contributed by atoms with van der Waals surface area (Å²) in [6, 6.07) is 6.08. The van der Waals surface area contributed by atoms with Crippen LogP contribution in [0.3, 0.4) is 0 Å². The maximum absolute atomic E-state index is 8.62. The number of hydrogen-bond donors (Lipinski definition) is 1. The molecule has 1 rings (SSSR count). The summed E-state index contributed by atoms with van der Waals surface area (Å²) in [5.74, 6) is 2.35. The van der Waals surface area contributed by atoms with Crippen molar-refractivity contribution in [2.75, 3.05) is 16.8 Å².